The zero-order valence-electron chi connectivity index (χ0n) is 15.3. The minimum absolute atomic E-state index is 0.0620. The lowest BCUT2D eigenvalue weighted by Crippen LogP contribution is -2.53. The molecule has 0 saturated carbocycles. The quantitative estimate of drug-likeness (QED) is 0.850. The first kappa shape index (κ1) is 22.4. The summed E-state index contributed by atoms with van der Waals surface area (Å²) < 4.78 is 0. The molecule has 1 saturated heterocycles. The van der Waals surface area contributed by atoms with Crippen LogP contribution in [0, 0.1) is 5.41 Å². The van der Waals surface area contributed by atoms with E-state index in [0.717, 1.165) is 12.8 Å². The molecule has 0 spiro atoms. The topological polar surface area (TPSA) is 63.4 Å². The van der Waals surface area contributed by atoms with E-state index in [0.29, 0.717) is 6.54 Å². The summed E-state index contributed by atoms with van der Waals surface area (Å²) in [5, 5.41) is 0. The molecule has 4 heteroatoms. The monoisotopic (exact) mass is 300 g/mol. The van der Waals surface area contributed by atoms with Crippen molar-refractivity contribution in [2.24, 2.45) is 11.1 Å². The largest absolute Gasteiger partial charge is 0.331 e. The van der Waals surface area contributed by atoms with E-state index in [9.17, 15) is 9.59 Å². The van der Waals surface area contributed by atoms with Crippen molar-refractivity contribution in [3.05, 3.63) is 0 Å². The summed E-state index contributed by atoms with van der Waals surface area (Å²) in [4.78, 5) is 25.2. The molecular formula is C17H36N2O2. The summed E-state index contributed by atoms with van der Waals surface area (Å²) in [5.41, 5.74) is 5.67. The first-order valence-electron chi connectivity index (χ1n) is 8.23. The fraction of sp³-hybridized carbons (Fsp3) is 0.882. The first-order chi connectivity index (χ1) is 9.66. The van der Waals surface area contributed by atoms with Gasteiger partial charge < -0.3 is 10.6 Å². The van der Waals surface area contributed by atoms with Gasteiger partial charge in [0, 0.05) is 6.54 Å². The van der Waals surface area contributed by atoms with Gasteiger partial charge in [-0.2, -0.15) is 0 Å². The number of nitrogens with zero attached hydrogens (tertiary/aromatic N) is 1. The molecule has 0 aromatic rings. The molecule has 126 valence electrons. The zero-order valence-corrected chi connectivity index (χ0v) is 15.3. The molecule has 2 atom stereocenters. The molecule has 0 aliphatic carbocycles. The standard InChI is InChI=1S/C12H22N2O2.C3H8.C2H6/c1-8(15)9-6-5-7-14(9)11(16)10(13)12(2,3)4;1-3-2;1-2/h9-10H,5-7,13H2,1-4H3;3H2,1-2H3;1-2H3. The molecule has 1 aliphatic rings. The lowest BCUT2D eigenvalue weighted by Gasteiger charge is -2.32. The highest BCUT2D eigenvalue weighted by atomic mass is 16.2. The number of nitrogens with two attached hydrogens (primary N) is 1. The molecule has 0 bridgehead atoms. The molecule has 1 rings (SSSR count). The predicted molar refractivity (Wildman–Crippen MR) is 90.2 cm³/mol. The van der Waals surface area contributed by atoms with Crippen LogP contribution in [0.4, 0.5) is 0 Å². The maximum atomic E-state index is 12.2. The lowest BCUT2D eigenvalue weighted by atomic mass is 9.86. The Morgan fingerprint density at radius 3 is 2.00 bits per heavy atom. The van der Waals surface area contributed by atoms with Crippen LogP contribution in [-0.2, 0) is 9.59 Å². The Labute approximate surface area is 131 Å². The van der Waals surface area contributed by atoms with E-state index in [1.807, 2.05) is 34.6 Å². The van der Waals surface area contributed by atoms with Gasteiger partial charge in [0.1, 0.15) is 0 Å². The van der Waals surface area contributed by atoms with E-state index in [1.165, 1.54) is 6.42 Å². The molecule has 2 unspecified atom stereocenters. The average molecular weight is 300 g/mol. The molecule has 2 N–H and O–H groups in total. The van der Waals surface area contributed by atoms with E-state index >= 15 is 0 Å². The van der Waals surface area contributed by atoms with Gasteiger partial charge in [-0.3, -0.25) is 9.59 Å². The van der Waals surface area contributed by atoms with Crippen LogP contribution in [0.5, 0.6) is 0 Å². The minimum Gasteiger partial charge on any atom is -0.331 e. The van der Waals surface area contributed by atoms with Crippen molar-refractivity contribution >= 4 is 11.7 Å². The number of carbonyl (C=O) groups excluding carboxylic acids is 2. The molecule has 0 radical (unpaired) electrons. The van der Waals surface area contributed by atoms with Crippen molar-refractivity contribution < 1.29 is 9.59 Å². The van der Waals surface area contributed by atoms with Crippen LogP contribution >= 0.6 is 0 Å². The number of hydrogen-bond acceptors (Lipinski definition) is 3. The van der Waals surface area contributed by atoms with Crippen molar-refractivity contribution in [1.82, 2.24) is 4.90 Å². The second-order valence-corrected chi connectivity index (χ2v) is 6.35. The van der Waals surface area contributed by atoms with Crippen LogP contribution < -0.4 is 5.73 Å². The van der Waals surface area contributed by atoms with E-state index in [1.54, 1.807) is 11.8 Å². The molecule has 0 aromatic heterocycles. The Balaban J connectivity index is 0. The lowest BCUT2D eigenvalue weighted by molar-refractivity contribution is -0.139. The summed E-state index contributed by atoms with van der Waals surface area (Å²) >= 11 is 0. The normalized spacial score (nSPS) is 18.9. The number of likely N-dealkylation sites (tertiary alicyclic amines) is 1. The Hall–Kier alpha value is -0.900. The van der Waals surface area contributed by atoms with Gasteiger partial charge in [-0.15, -0.1) is 0 Å². The van der Waals surface area contributed by atoms with E-state index in [2.05, 4.69) is 13.8 Å². The van der Waals surface area contributed by atoms with Crippen LogP contribution in [0.3, 0.4) is 0 Å². The average Bonchev–Trinajstić information content (AvgIpc) is 2.88. The third-order valence-electron chi connectivity index (χ3n) is 3.20. The highest BCUT2D eigenvalue weighted by Crippen LogP contribution is 2.24. The fourth-order valence-electron chi connectivity index (χ4n) is 2.00. The zero-order chi connectivity index (χ0) is 17.2. The van der Waals surface area contributed by atoms with Crippen molar-refractivity contribution in [2.45, 2.75) is 86.7 Å². The fourth-order valence-corrected chi connectivity index (χ4v) is 2.00. The molecule has 21 heavy (non-hydrogen) atoms. The van der Waals surface area contributed by atoms with Gasteiger partial charge in [-0.05, 0) is 25.2 Å². The van der Waals surface area contributed by atoms with E-state index in [4.69, 9.17) is 5.73 Å². The number of amides is 1. The molecule has 0 aromatic carbocycles. The van der Waals surface area contributed by atoms with Gasteiger partial charge in [0.2, 0.25) is 5.91 Å². The van der Waals surface area contributed by atoms with Crippen LogP contribution in [0.2, 0.25) is 0 Å². The van der Waals surface area contributed by atoms with Gasteiger partial charge in [0.15, 0.2) is 5.78 Å². The smallest absolute Gasteiger partial charge is 0.240 e. The maximum Gasteiger partial charge on any atom is 0.240 e. The summed E-state index contributed by atoms with van der Waals surface area (Å²) in [6, 6.07) is -0.784. The predicted octanol–water partition coefficient (Wildman–Crippen LogP) is 3.38. The maximum absolute atomic E-state index is 12.2. The number of carbonyl (C=O) groups is 2. The van der Waals surface area contributed by atoms with Gasteiger partial charge >= 0.3 is 0 Å². The van der Waals surface area contributed by atoms with Crippen molar-refractivity contribution in [2.75, 3.05) is 6.54 Å². The van der Waals surface area contributed by atoms with E-state index in [-0.39, 0.29) is 23.1 Å². The second-order valence-electron chi connectivity index (χ2n) is 6.35. The van der Waals surface area contributed by atoms with Gasteiger partial charge in [-0.25, -0.2) is 0 Å². The number of Topliss-reactive ketones (excluding diaryl/α,β-unsaturated/α-hetero) is 1. The molecule has 1 heterocycles. The molecule has 4 nitrogen and oxygen atoms in total. The van der Waals surface area contributed by atoms with Crippen LogP contribution in [0.25, 0.3) is 0 Å². The summed E-state index contributed by atoms with van der Waals surface area (Å²) in [7, 11) is 0. The first-order valence-corrected chi connectivity index (χ1v) is 8.23. The molecule has 1 aliphatic heterocycles. The second kappa shape index (κ2) is 10.8. The summed E-state index contributed by atoms with van der Waals surface area (Å²) in [6.45, 7) is 16.3. The Kier molecular flexibility index (Phi) is 11.5. The molecular weight excluding hydrogens is 264 g/mol. The highest BCUT2D eigenvalue weighted by molar-refractivity contribution is 5.90. The van der Waals surface area contributed by atoms with Crippen molar-refractivity contribution in [3.63, 3.8) is 0 Å². The Morgan fingerprint density at radius 2 is 1.67 bits per heavy atom. The number of rotatable bonds is 2. The minimum atomic E-state index is -0.535. The molecule has 1 amide bonds. The van der Waals surface area contributed by atoms with Crippen molar-refractivity contribution in [3.8, 4) is 0 Å². The number of hydrogen-bond donors (Lipinski definition) is 1. The number of ketones is 1. The Bertz CT molecular complexity index is 308. The van der Waals surface area contributed by atoms with Crippen molar-refractivity contribution in [1.29, 1.82) is 0 Å². The van der Waals surface area contributed by atoms with Crippen LogP contribution in [0.15, 0.2) is 0 Å². The summed E-state index contributed by atoms with van der Waals surface area (Å²) in [5.74, 6) is -0.0304. The van der Waals surface area contributed by atoms with Gasteiger partial charge in [-0.1, -0.05) is 54.9 Å². The van der Waals surface area contributed by atoms with Gasteiger partial charge in [0.25, 0.3) is 0 Å². The van der Waals surface area contributed by atoms with Crippen LogP contribution in [-0.4, -0.2) is 35.2 Å². The van der Waals surface area contributed by atoms with E-state index < -0.39 is 6.04 Å². The van der Waals surface area contributed by atoms with Crippen LogP contribution in [0.1, 0.15) is 74.7 Å². The SMILES string of the molecule is CC.CC(=O)C1CCCN1C(=O)C(N)C(C)(C)C.CCC. The molecule has 1 fully saturated rings. The third-order valence-corrected chi connectivity index (χ3v) is 3.20. The Morgan fingerprint density at radius 1 is 1.24 bits per heavy atom. The third kappa shape index (κ3) is 7.60. The van der Waals surface area contributed by atoms with Gasteiger partial charge in [0.05, 0.1) is 12.1 Å². The summed E-state index contributed by atoms with van der Waals surface area (Å²) in [6.07, 6.45) is 2.92. The highest BCUT2D eigenvalue weighted by Gasteiger charge is 2.37.